The summed E-state index contributed by atoms with van der Waals surface area (Å²) in [7, 11) is 0. The molecular weight excluding hydrogens is 186 g/mol. The predicted molar refractivity (Wildman–Crippen MR) is 47.8 cm³/mol. The van der Waals surface area contributed by atoms with Crippen molar-refractivity contribution in [2.75, 3.05) is 0 Å². The number of halogens is 2. The molecule has 1 aromatic rings. The van der Waals surface area contributed by atoms with Crippen LogP contribution in [0.25, 0.3) is 0 Å². The van der Waals surface area contributed by atoms with Crippen molar-refractivity contribution in [3.63, 3.8) is 0 Å². The lowest BCUT2D eigenvalue weighted by atomic mass is 9.98. The summed E-state index contributed by atoms with van der Waals surface area (Å²) in [6.45, 7) is 0. The molecule has 1 nitrogen and oxygen atoms in total. The van der Waals surface area contributed by atoms with E-state index < -0.39 is 11.6 Å². The van der Waals surface area contributed by atoms with Gasteiger partial charge in [0.05, 0.1) is 0 Å². The fourth-order valence-corrected chi connectivity index (χ4v) is 1.62. The van der Waals surface area contributed by atoms with Crippen LogP contribution in [0.15, 0.2) is 18.2 Å². The van der Waals surface area contributed by atoms with Crippen LogP contribution in [-0.2, 0) is 11.2 Å². The number of aldehydes is 1. The predicted octanol–water partition coefficient (Wildman–Crippen LogP) is 2.49. The van der Waals surface area contributed by atoms with Crippen LogP contribution < -0.4 is 0 Å². The molecular formula is C11H10F2O. The Morgan fingerprint density at radius 1 is 1.21 bits per heavy atom. The molecule has 0 aliphatic heterocycles. The van der Waals surface area contributed by atoms with E-state index in [9.17, 15) is 13.6 Å². The SMILES string of the molecule is O=CC1(Cc2cc(F)cc(F)c2)CC1. The van der Waals surface area contributed by atoms with Crippen molar-refractivity contribution in [1.29, 1.82) is 0 Å². The number of carbonyl (C=O) groups is 1. The maximum absolute atomic E-state index is 12.8. The molecule has 0 radical (unpaired) electrons. The summed E-state index contributed by atoms with van der Waals surface area (Å²) in [6, 6.07) is 3.41. The van der Waals surface area contributed by atoms with E-state index in [0.717, 1.165) is 25.2 Å². The summed E-state index contributed by atoms with van der Waals surface area (Å²) < 4.78 is 25.6. The van der Waals surface area contributed by atoms with Gasteiger partial charge < -0.3 is 4.79 Å². The van der Waals surface area contributed by atoms with E-state index >= 15 is 0 Å². The van der Waals surface area contributed by atoms with Crippen molar-refractivity contribution in [1.82, 2.24) is 0 Å². The van der Waals surface area contributed by atoms with Crippen molar-refractivity contribution in [2.45, 2.75) is 19.3 Å². The summed E-state index contributed by atoms with van der Waals surface area (Å²) >= 11 is 0. The van der Waals surface area contributed by atoms with Gasteiger partial charge in [-0.05, 0) is 37.0 Å². The molecule has 1 fully saturated rings. The van der Waals surface area contributed by atoms with E-state index in [1.165, 1.54) is 12.1 Å². The maximum atomic E-state index is 12.8. The van der Waals surface area contributed by atoms with Crippen molar-refractivity contribution in [3.05, 3.63) is 35.4 Å². The second kappa shape index (κ2) is 3.15. The number of benzene rings is 1. The van der Waals surface area contributed by atoms with Gasteiger partial charge in [0.1, 0.15) is 17.9 Å². The largest absolute Gasteiger partial charge is 0.303 e. The monoisotopic (exact) mass is 196 g/mol. The minimum atomic E-state index is -0.582. The molecule has 1 aromatic carbocycles. The van der Waals surface area contributed by atoms with E-state index in [-0.39, 0.29) is 5.41 Å². The van der Waals surface area contributed by atoms with E-state index in [0.29, 0.717) is 12.0 Å². The van der Waals surface area contributed by atoms with Gasteiger partial charge in [0.2, 0.25) is 0 Å². The molecule has 0 N–H and O–H groups in total. The number of hydrogen-bond acceptors (Lipinski definition) is 1. The summed E-state index contributed by atoms with van der Waals surface area (Å²) in [4.78, 5) is 10.7. The standard InChI is InChI=1S/C11H10F2O/c12-9-3-8(4-10(13)5-9)6-11(7-14)1-2-11/h3-5,7H,1-2,6H2. The smallest absolute Gasteiger partial charge is 0.126 e. The Kier molecular flexibility index (Phi) is 2.10. The third-order valence-electron chi connectivity index (χ3n) is 2.62. The first-order valence-electron chi connectivity index (χ1n) is 4.55. The summed E-state index contributed by atoms with van der Waals surface area (Å²) in [5.41, 5.74) is 0.229. The molecule has 0 unspecified atom stereocenters. The first-order chi connectivity index (χ1) is 6.63. The quantitative estimate of drug-likeness (QED) is 0.679. The van der Waals surface area contributed by atoms with Crippen molar-refractivity contribution >= 4 is 6.29 Å². The maximum Gasteiger partial charge on any atom is 0.126 e. The lowest BCUT2D eigenvalue weighted by Gasteiger charge is -2.06. The molecule has 0 bridgehead atoms. The molecule has 0 atom stereocenters. The molecule has 74 valence electrons. The second-order valence-corrected chi connectivity index (χ2v) is 3.93. The van der Waals surface area contributed by atoms with E-state index in [2.05, 4.69) is 0 Å². The number of hydrogen-bond donors (Lipinski definition) is 0. The van der Waals surface area contributed by atoms with Gasteiger partial charge in [0, 0.05) is 11.5 Å². The molecule has 0 saturated heterocycles. The molecule has 1 aliphatic carbocycles. The lowest BCUT2D eigenvalue weighted by molar-refractivity contribution is -0.112. The minimum absolute atomic E-state index is 0.333. The molecule has 0 aromatic heterocycles. The van der Waals surface area contributed by atoms with Crippen LogP contribution in [0.1, 0.15) is 18.4 Å². The summed E-state index contributed by atoms with van der Waals surface area (Å²) in [5, 5.41) is 0. The van der Waals surface area contributed by atoms with Gasteiger partial charge in [-0.3, -0.25) is 0 Å². The molecule has 1 aliphatic rings. The van der Waals surface area contributed by atoms with Crippen LogP contribution in [0.4, 0.5) is 8.78 Å². The first-order valence-corrected chi connectivity index (χ1v) is 4.55. The van der Waals surface area contributed by atoms with E-state index in [1.54, 1.807) is 0 Å². The topological polar surface area (TPSA) is 17.1 Å². The Morgan fingerprint density at radius 2 is 1.79 bits per heavy atom. The number of carbonyl (C=O) groups excluding carboxylic acids is 1. The highest BCUT2D eigenvalue weighted by Gasteiger charge is 2.42. The van der Waals surface area contributed by atoms with Gasteiger partial charge in [-0.15, -0.1) is 0 Å². The Morgan fingerprint density at radius 3 is 2.21 bits per heavy atom. The minimum Gasteiger partial charge on any atom is -0.303 e. The van der Waals surface area contributed by atoms with Crippen molar-refractivity contribution in [3.8, 4) is 0 Å². The third-order valence-corrected chi connectivity index (χ3v) is 2.62. The van der Waals surface area contributed by atoms with Gasteiger partial charge in [-0.2, -0.15) is 0 Å². The van der Waals surface area contributed by atoms with Gasteiger partial charge in [0.25, 0.3) is 0 Å². The van der Waals surface area contributed by atoms with Crippen LogP contribution in [0.5, 0.6) is 0 Å². The Labute approximate surface area is 80.7 Å². The average Bonchev–Trinajstić information content (AvgIpc) is 2.83. The van der Waals surface area contributed by atoms with E-state index in [4.69, 9.17) is 0 Å². The summed E-state index contributed by atoms with van der Waals surface area (Å²) in [6.07, 6.45) is 3.00. The normalized spacial score (nSPS) is 17.9. The number of rotatable bonds is 3. The first kappa shape index (κ1) is 9.31. The second-order valence-electron chi connectivity index (χ2n) is 3.93. The fraction of sp³-hybridized carbons (Fsp3) is 0.364. The highest BCUT2D eigenvalue weighted by atomic mass is 19.1. The Bertz CT molecular complexity index is 349. The molecule has 0 spiro atoms. The van der Waals surface area contributed by atoms with Crippen LogP contribution in [0.3, 0.4) is 0 Å². The molecule has 0 amide bonds. The zero-order valence-electron chi connectivity index (χ0n) is 7.59. The van der Waals surface area contributed by atoms with Crippen molar-refractivity contribution in [2.24, 2.45) is 5.41 Å². The molecule has 3 heteroatoms. The third kappa shape index (κ3) is 1.81. The highest BCUT2D eigenvalue weighted by molar-refractivity contribution is 5.64. The zero-order valence-corrected chi connectivity index (χ0v) is 7.59. The zero-order chi connectivity index (χ0) is 10.2. The van der Waals surface area contributed by atoms with Crippen LogP contribution >= 0.6 is 0 Å². The molecule has 1 saturated carbocycles. The van der Waals surface area contributed by atoms with Gasteiger partial charge in [-0.25, -0.2) is 8.78 Å². The van der Waals surface area contributed by atoms with Crippen LogP contribution in [0, 0.1) is 17.0 Å². The Balaban J connectivity index is 2.20. The highest BCUT2D eigenvalue weighted by Crippen LogP contribution is 2.46. The Hall–Kier alpha value is -1.25. The van der Waals surface area contributed by atoms with Gasteiger partial charge >= 0.3 is 0 Å². The van der Waals surface area contributed by atoms with E-state index in [1.807, 2.05) is 0 Å². The fourth-order valence-electron chi connectivity index (χ4n) is 1.62. The van der Waals surface area contributed by atoms with Gasteiger partial charge in [-0.1, -0.05) is 0 Å². The summed E-state index contributed by atoms with van der Waals surface area (Å²) in [5.74, 6) is -1.16. The van der Waals surface area contributed by atoms with Crippen LogP contribution in [-0.4, -0.2) is 6.29 Å². The van der Waals surface area contributed by atoms with Crippen molar-refractivity contribution < 1.29 is 13.6 Å². The van der Waals surface area contributed by atoms with Crippen LogP contribution in [0.2, 0.25) is 0 Å². The molecule has 14 heavy (non-hydrogen) atoms. The molecule has 0 heterocycles. The van der Waals surface area contributed by atoms with Gasteiger partial charge in [0.15, 0.2) is 0 Å². The average molecular weight is 196 g/mol. The lowest BCUT2D eigenvalue weighted by Crippen LogP contribution is -2.06. The molecule has 2 rings (SSSR count).